The maximum atomic E-state index is 4.89. The van der Waals surface area contributed by atoms with E-state index in [9.17, 15) is 0 Å². The van der Waals surface area contributed by atoms with Gasteiger partial charge in [0.2, 0.25) is 0 Å². The van der Waals surface area contributed by atoms with Crippen LogP contribution >= 0.6 is 0 Å². The standard InChI is InChI=1S/C31H26N4/c1-19-14-15-27-25(16-19)24-12-8-9-13-26(24)35(27)29-21(3)17-20(2)28(22(29)4)31-33-18-32-30(34-31)23-10-6-5-7-11-23/h5-18H,1-4H3. The number of rotatable bonds is 3. The molecule has 0 spiro atoms. The van der Waals surface area contributed by atoms with Crippen LogP contribution in [-0.4, -0.2) is 19.5 Å². The van der Waals surface area contributed by atoms with E-state index in [0.717, 1.165) is 22.3 Å². The molecule has 0 radical (unpaired) electrons. The number of nitrogens with zero attached hydrogens (tertiary/aromatic N) is 4. The van der Waals surface area contributed by atoms with Gasteiger partial charge in [0.1, 0.15) is 6.33 Å². The largest absolute Gasteiger partial charge is 0.309 e. The molecule has 0 N–H and O–H groups in total. The van der Waals surface area contributed by atoms with Gasteiger partial charge in [-0.25, -0.2) is 15.0 Å². The Labute approximate surface area is 205 Å². The van der Waals surface area contributed by atoms with E-state index in [-0.39, 0.29) is 0 Å². The monoisotopic (exact) mass is 454 g/mol. The highest BCUT2D eigenvalue weighted by atomic mass is 15.0. The summed E-state index contributed by atoms with van der Waals surface area (Å²) in [6.07, 6.45) is 1.62. The summed E-state index contributed by atoms with van der Waals surface area (Å²) in [4.78, 5) is 14.0. The van der Waals surface area contributed by atoms with Crippen molar-refractivity contribution >= 4 is 21.8 Å². The number of hydrogen-bond donors (Lipinski definition) is 0. The van der Waals surface area contributed by atoms with Crippen molar-refractivity contribution in [3.8, 4) is 28.5 Å². The van der Waals surface area contributed by atoms with Gasteiger partial charge in [-0.15, -0.1) is 0 Å². The van der Waals surface area contributed by atoms with Gasteiger partial charge in [0.25, 0.3) is 0 Å². The minimum Gasteiger partial charge on any atom is -0.309 e. The van der Waals surface area contributed by atoms with Gasteiger partial charge in [0.15, 0.2) is 11.6 Å². The molecule has 0 unspecified atom stereocenters. The zero-order valence-corrected chi connectivity index (χ0v) is 20.4. The van der Waals surface area contributed by atoms with Gasteiger partial charge < -0.3 is 4.57 Å². The number of aryl methyl sites for hydroxylation is 3. The van der Waals surface area contributed by atoms with E-state index in [4.69, 9.17) is 4.98 Å². The Morgan fingerprint density at radius 1 is 0.629 bits per heavy atom. The van der Waals surface area contributed by atoms with E-state index in [1.54, 1.807) is 6.33 Å². The van der Waals surface area contributed by atoms with Crippen molar-refractivity contribution in [3.05, 3.63) is 107 Å². The highest BCUT2D eigenvalue weighted by Gasteiger charge is 2.20. The Kier molecular flexibility index (Phi) is 4.96. The van der Waals surface area contributed by atoms with Gasteiger partial charge in [-0.3, -0.25) is 0 Å². The fourth-order valence-electron chi connectivity index (χ4n) is 5.33. The smallest absolute Gasteiger partial charge is 0.163 e. The van der Waals surface area contributed by atoms with Crippen molar-refractivity contribution < 1.29 is 0 Å². The second-order valence-corrected chi connectivity index (χ2v) is 9.23. The van der Waals surface area contributed by atoms with Crippen molar-refractivity contribution in [2.75, 3.05) is 0 Å². The van der Waals surface area contributed by atoms with Crippen LogP contribution in [0.25, 0.3) is 50.3 Å². The number of aromatic nitrogens is 4. The van der Waals surface area contributed by atoms with Gasteiger partial charge in [-0.05, 0) is 62.6 Å². The first kappa shape index (κ1) is 21.2. The van der Waals surface area contributed by atoms with Crippen LogP contribution < -0.4 is 0 Å². The molecule has 0 saturated carbocycles. The quantitative estimate of drug-likeness (QED) is 0.277. The molecule has 4 aromatic carbocycles. The maximum Gasteiger partial charge on any atom is 0.163 e. The summed E-state index contributed by atoms with van der Waals surface area (Å²) in [5.74, 6) is 1.38. The van der Waals surface area contributed by atoms with Gasteiger partial charge in [-0.1, -0.05) is 66.2 Å². The molecule has 6 aromatic rings. The summed E-state index contributed by atoms with van der Waals surface area (Å²) in [5.41, 5.74) is 10.4. The lowest BCUT2D eigenvalue weighted by Crippen LogP contribution is -2.05. The summed E-state index contributed by atoms with van der Waals surface area (Å²) < 4.78 is 2.40. The highest BCUT2D eigenvalue weighted by Crippen LogP contribution is 2.38. The topological polar surface area (TPSA) is 43.6 Å². The second kappa shape index (κ2) is 8.17. The number of para-hydroxylation sites is 1. The van der Waals surface area contributed by atoms with Gasteiger partial charge in [-0.2, -0.15) is 0 Å². The summed E-state index contributed by atoms with van der Waals surface area (Å²) in [6, 6.07) is 27.7. The molecule has 4 heteroatoms. The molecule has 0 fully saturated rings. The Balaban J connectivity index is 1.64. The summed E-state index contributed by atoms with van der Waals surface area (Å²) >= 11 is 0. The normalized spacial score (nSPS) is 11.4. The lowest BCUT2D eigenvalue weighted by molar-refractivity contribution is 1.05. The van der Waals surface area contributed by atoms with E-state index in [2.05, 4.69) is 90.8 Å². The van der Waals surface area contributed by atoms with E-state index in [0.29, 0.717) is 11.6 Å². The SMILES string of the molecule is Cc1ccc2c(c1)c1ccccc1n2-c1c(C)cc(C)c(-c2ncnc(-c3ccccc3)n2)c1C. The minimum atomic E-state index is 0.684. The summed E-state index contributed by atoms with van der Waals surface area (Å²) in [6.45, 7) is 8.67. The van der Waals surface area contributed by atoms with Crippen LogP contribution in [-0.2, 0) is 0 Å². The Bertz CT molecular complexity index is 1730. The van der Waals surface area contributed by atoms with Gasteiger partial charge in [0, 0.05) is 21.9 Å². The van der Waals surface area contributed by atoms with Gasteiger partial charge >= 0.3 is 0 Å². The van der Waals surface area contributed by atoms with Gasteiger partial charge in [0.05, 0.1) is 16.7 Å². The molecule has 0 atom stereocenters. The molecule has 0 amide bonds. The van der Waals surface area contributed by atoms with Crippen molar-refractivity contribution in [1.29, 1.82) is 0 Å². The zero-order chi connectivity index (χ0) is 24.1. The van der Waals surface area contributed by atoms with Crippen LogP contribution in [0.15, 0.2) is 85.2 Å². The van der Waals surface area contributed by atoms with Crippen molar-refractivity contribution in [2.45, 2.75) is 27.7 Å². The van der Waals surface area contributed by atoms with E-state index in [1.807, 2.05) is 30.3 Å². The van der Waals surface area contributed by atoms with E-state index in [1.165, 1.54) is 38.6 Å². The first-order chi connectivity index (χ1) is 17.0. The van der Waals surface area contributed by atoms with Crippen LogP contribution in [0.4, 0.5) is 0 Å². The second-order valence-electron chi connectivity index (χ2n) is 9.23. The molecular weight excluding hydrogens is 428 g/mol. The van der Waals surface area contributed by atoms with Crippen LogP contribution in [0.3, 0.4) is 0 Å². The van der Waals surface area contributed by atoms with Crippen LogP contribution in [0.2, 0.25) is 0 Å². The zero-order valence-electron chi connectivity index (χ0n) is 20.4. The molecule has 0 aliphatic carbocycles. The molecule has 170 valence electrons. The first-order valence-corrected chi connectivity index (χ1v) is 11.9. The van der Waals surface area contributed by atoms with Crippen LogP contribution in [0.1, 0.15) is 22.3 Å². The molecule has 0 aliphatic heterocycles. The van der Waals surface area contributed by atoms with E-state index >= 15 is 0 Å². The lowest BCUT2D eigenvalue weighted by Gasteiger charge is -2.19. The van der Waals surface area contributed by atoms with Crippen LogP contribution in [0, 0.1) is 27.7 Å². The Morgan fingerprint density at radius 2 is 1.34 bits per heavy atom. The highest BCUT2D eigenvalue weighted by molar-refractivity contribution is 6.09. The number of hydrogen-bond acceptors (Lipinski definition) is 3. The third kappa shape index (κ3) is 3.41. The predicted octanol–water partition coefficient (Wildman–Crippen LogP) is 7.54. The molecule has 2 aromatic heterocycles. The molecule has 4 nitrogen and oxygen atoms in total. The first-order valence-electron chi connectivity index (χ1n) is 11.9. The molecule has 35 heavy (non-hydrogen) atoms. The molecular formula is C31H26N4. The minimum absolute atomic E-state index is 0.684. The average Bonchev–Trinajstić information content (AvgIpc) is 3.18. The third-order valence-corrected chi connectivity index (χ3v) is 6.81. The molecule has 2 heterocycles. The predicted molar refractivity (Wildman–Crippen MR) is 144 cm³/mol. The fraction of sp³-hybridized carbons (Fsp3) is 0.129. The van der Waals surface area contributed by atoms with Crippen molar-refractivity contribution in [3.63, 3.8) is 0 Å². The number of benzene rings is 4. The fourth-order valence-corrected chi connectivity index (χ4v) is 5.33. The van der Waals surface area contributed by atoms with Crippen molar-refractivity contribution in [2.24, 2.45) is 0 Å². The maximum absolute atomic E-state index is 4.89. The lowest BCUT2D eigenvalue weighted by atomic mass is 9.96. The molecule has 0 aliphatic rings. The van der Waals surface area contributed by atoms with Crippen molar-refractivity contribution in [1.82, 2.24) is 19.5 Å². The van der Waals surface area contributed by atoms with E-state index < -0.39 is 0 Å². The molecule has 6 rings (SSSR count). The summed E-state index contributed by atoms with van der Waals surface area (Å²) in [5, 5.41) is 2.53. The third-order valence-electron chi connectivity index (χ3n) is 6.81. The summed E-state index contributed by atoms with van der Waals surface area (Å²) in [7, 11) is 0. The number of fused-ring (bicyclic) bond motifs is 3. The van der Waals surface area contributed by atoms with Crippen LogP contribution in [0.5, 0.6) is 0 Å². The average molecular weight is 455 g/mol. The Hall–Kier alpha value is -4.31. The molecule has 0 saturated heterocycles. The molecule has 0 bridgehead atoms. The Morgan fingerprint density at radius 3 is 2.17 bits per heavy atom.